The Kier molecular flexibility index (Phi) is 7.46. The van der Waals surface area contributed by atoms with E-state index in [1.807, 2.05) is 11.0 Å². The zero-order chi connectivity index (χ0) is 19.8. The smallest absolute Gasteiger partial charge is 0.252 e. The first-order valence-corrected chi connectivity index (χ1v) is 10.1. The molecule has 3 rings (SSSR count). The van der Waals surface area contributed by atoms with E-state index in [2.05, 4.69) is 34.5 Å². The topological polar surface area (TPSA) is 52.7 Å². The number of halogens is 1. The van der Waals surface area contributed by atoms with Gasteiger partial charge in [0.25, 0.3) is 5.91 Å². The Morgan fingerprint density at radius 3 is 2.46 bits per heavy atom. The summed E-state index contributed by atoms with van der Waals surface area (Å²) in [6, 6.07) is 17.3. The fraction of sp³-hybridized carbons (Fsp3) is 0.364. The van der Waals surface area contributed by atoms with Crippen LogP contribution in [-0.4, -0.2) is 54.3 Å². The summed E-state index contributed by atoms with van der Waals surface area (Å²) in [5.74, 6) is -0.163. The van der Waals surface area contributed by atoms with Crippen molar-refractivity contribution < 1.29 is 9.59 Å². The first-order chi connectivity index (χ1) is 13.6. The van der Waals surface area contributed by atoms with Gasteiger partial charge in [-0.2, -0.15) is 0 Å². The molecular weight excluding hydrogens is 374 g/mol. The van der Waals surface area contributed by atoms with Gasteiger partial charge in [-0.1, -0.05) is 54.1 Å². The molecule has 1 saturated heterocycles. The van der Waals surface area contributed by atoms with Crippen LogP contribution < -0.4 is 5.32 Å². The molecule has 5 nitrogen and oxygen atoms in total. The quantitative estimate of drug-likeness (QED) is 0.811. The Bertz CT molecular complexity index is 797. The molecule has 1 N–H and O–H groups in total. The molecule has 0 bridgehead atoms. The van der Waals surface area contributed by atoms with E-state index in [0.29, 0.717) is 23.6 Å². The highest BCUT2D eigenvalue weighted by Gasteiger charge is 2.19. The molecule has 0 aliphatic carbocycles. The largest absolute Gasteiger partial charge is 0.351 e. The molecule has 0 radical (unpaired) electrons. The Morgan fingerprint density at radius 2 is 1.68 bits per heavy atom. The van der Waals surface area contributed by atoms with Gasteiger partial charge in [-0.15, -0.1) is 0 Å². The van der Waals surface area contributed by atoms with Gasteiger partial charge in [-0.05, 0) is 24.1 Å². The third-order valence-corrected chi connectivity index (χ3v) is 5.26. The molecule has 6 heteroatoms. The van der Waals surface area contributed by atoms with Crippen molar-refractivity contribution in [3.63, 3.8) is 0 Å². The summed E-state index contributed by atoms with van der Waals surface area (Å²) >= 11 is 6.03. The SMILES string of the molecule is O=C(NCCC(=O)N1CCCN(Cc2ccccc2)CC1)c1ccccc1Cl. The van der Waals surface area contributed by atoms with E-state index in [9.17, 15) is 9.59 Å². The molecule has 0 spiro atoms. The van der Waals surface area contributed by atoms with Crippen molar-refractivity contribution in [1.29, 1.82) is 0 Å². The van der Waals surface area contributed by atoms with E-state index in [1.165, 1.54) is 5.56 Å². The van der Waals surface area contributed by atoms with Crippen LogP contribution in [0, 0.1) is 0 Å². The fourth-order valence-electron chi connectivity index (χ4n) is 3.40. The lowest BCUT2D eigenvalue weighted by atomic mass is 10.2. The maximum atomic E-state index is 12.5. The zero-order valence-corrected chi connectivity index (χ0v) is 16.7. The Labute approximate surface area is 171 Å². The van der Waals surface area contributed by atoms with Gasteiger partial charge in [-0.25, -0.2) is 0 Å². The second kappa shape index (κ2) is 10.2. The maximum Gasteiger partial charge on any atom is 0.252 e. The molecule has 0 atom stereocenters. The summed E-state index contributed by atoms with van der Waals surface area (Å²) in [5.41, 5.74) is 1.73. The van der Waals surface area contributed by atoms with Gasteiger partial charge in [0.2, 0.25) is 5.91 Å². The number of carbonyl (C=O) groups is 2. The van der Waals surface area contributed by atoms with Crippen LogP contribution in [-0.2, 0) is 11.3 Å². The van der Waals surface area contributed by atoms with E-state index in [1.54, 1.807) is 24.3 Å². The van der Waals surface area contributed by atoms with Crippen LogP contribution in [0.2, 0.25) is 5.02 Å². The lowest BCUT2D eigenvalue weighted by Crippen LogP contribution is -2.37. The third kappa shape index (κ3) is 5.81. The summed E-state index contributed by atoms with van der Waals surface area (Å²) in [6.07, 6.45) is 1.26. The zero-order valence-electron chi connectivity index (χ0n) is 15.9. The van der Waals surface area contributed by atoms with Crippen LogP contribution in [0.4, 0.5) is 0 Å². The van der Waals surface area contributed by atoms with Gasteiger partial charge >= 0.3 is 0 Å². The van der Waals surface area contributed by atoms with Crippen LogP contribution in [0.3, 0.4) is 0 Å². The molecule has 2 aromatic carbocycles. The summed E-state index contributed by atoms with van der Waals surface area (Å²) in [5, 5.41) is 3.20. The van der Waals surface area contributed by atoms with Crippen molar-refractivity contribution in [2.24, 2.45) is 0 Å². The highest BCUT2D eigenvalue weighted by atomic mass is 35.5. The standard InChI is InChI=1S/C22H26ClN3O2/c23-20-10-5-4-9-19(20)22(28)24-12-11-21(27)26-14-6-13-25(15-16-26)17-18-7-2-1-3-8-18/h1-5,7-10H,6,11-17H2,(H,24,28). The van der Waals surface area contributed by atoms with E-state index in [4.69, 9.17) is 11.6 Å². The summed E-state index contributed by atoms with van der Waals surface area (Å²) in [7, 11) is 0. The Balaban J connectivity index is 1.42. The van der Waals surface area contributed by atoms with Crippen LogP contribution in [0.5, 0.6) is 0 Å². The van der Waals surface area contributed by atoms with E-state index < -0.39 is 0 Å². The second-order valence-corrected chi connectivity index (χ2v) is 7.39. The third-order valence-electron chi connectivity index (χ3n) is 4.93. The minimum Gasteiger partial charge on any atom is -0.351 e. The summed E-state index contributed by atoms with van der Waals surface area (Å²) in [4.78, 5) is 29.0. The highest BCUT2D eigenvalue weighted by molar-refractivity contribution is 6.33. The molecule has 1 heterocycles. The van der Waals surface area contributed by atoms with Crippen LogP contribution in [0.25, 0.3) is 0 Å². The minimum absolute atomic E-state index is 0.0843. The van der Waals surface area contributed by atoms with Gasteiger partial charge in [0, 0.05) is 45.7 Å². The Hall–Kier alpha value is -2.37. The number of amides is 2. The number of hydrogen-bond acceptors (Lipinski definition) is 3. The number of nitrogens with zero attached hydrogens (tertiary/aromatic N) is 2. The molecule has 0 saturated carbocycles. The normalized spacial score (nSPS) is 15.1. The molecule has 0 unspecified atom stereocenters. The van der Waals surface area contributed by atoms with Gasteiger partial charge in [-0.3, -0.25) is 14.5 Å². The summed E-state index contributed by atoms with van der Waals surface area (Å²) < 4.78 is 0. The van der Waals surface area contributed by atoms with Crippen molar-refractivity contribution >= 4 is 23.4 Å². The second-order valence-electron chi connectivity index (χ2n) is 6.98. The first-order valence-electron chi connectivity index (χ1n) is 9.70. The van der Waals surface area contributed by atoms with Crippen molar-refractivity contribution in [3.8, 4) is 0 Å². The lowest BCUT2D eigenvalue weighted by molar-refractivity contribution is -0.130. The monoisotopic (exact) mass is 399 g/mol. The molecule has 2 amide bonds. The number of nitrogens with one attached hydrogen (secondary N) is 1. The van der Waals surface area contributed by atoms with Crippen molar-refractivity contribution in [1.82, 2.24) is 15.1 Å². The van der Waals surface area contributed by atoms with Gasteiger partial charge in [0.1, 0.15) is 0 Å². The Morgan fingerprint density at radius 1 is 0.929 bits per heavy atom. The van der Waals surface area contributed by atoms with Crippen molar-refractivity contribution in [2.75, 3.05) is 32.7 Å². The van der Waals surface area contributed by atoms with Gasteiger partial charge in [0.05, 0.1) is 10.6 Å². The molecule has 1 fully saturated rings. The van der Waals surface area contributed by atoms with E-state index >= 15 is 0 Å². The number of carbonyl (C=O) groups excluding carboxylic acids is 2. The van der Waals surface area contributed by atoms with Crippen LogP contribution in [0.1, 0.15) is 28.8 Å². The lowest BCUT2D eigenvalue weighted by Gasteiger charge is -2.22. The van der Waals surface area contributed by atoms with E-state index in [0.717, 1.165) is 39.1 Å². The minimum atomic E-state index is -0.247. The molecular formula is C22H26ClN3O2. The molecule has 1 aliphatic heterocycles. The number of benzene rings is 2. The summed E-state index contributed by atoms with van der Waals surface area (Å²) in [6.45, 7) is 4.57. The highest BCUT2D eigenvalue weighted by Crippen LogP contribution is 2.14. The predicted molar refractivity (Wildman–Crippen MR) is 111 cm³/mol. The number of hydrogen-bond donors (Lipinski definition) is 1. The van der Waals surface area contributed by atoms with Crippen molar-refractivity contribution in [3.05, 3.63) is 70.7 Å². The van der Waals surface area contributed by atoms with Gasteiger partial charge in [0.15, 0.2) is 0 Å². The predicted octanol–water partition coefficient (Wildman–Crippen LogP) is 3.19. The fourth-order valence-corrected chi connectivity index (χ4v) is 3.62. The molecule has 0 aromatic heterocycles. The molecule has 148 valence electrons. The molecule has 1 aliphatic rings. The first kappa shape index (κ1) is 20.4. The number of rotatable bonds is 6. The van der Waals surface area contributed by atoms with Crippen LogP contribution in [0.15, 0.2) is 54.6 Å². The average molecular weight is 400 g/mol. The van der Waals surface area contributed by atoms with Crippen LogP contribution >= 0.6 is 11.6 Å². The molecule has 28 heavy (non-hydrogen) atoms. The van der Waals surface area contributed by atoms with E-state index in [-0.39, 0.29) is 11.8 Å². The molecule has 2 aromatic rings. The van der Waals surface area contributed by atoms with Crippen molar-refractivity contribution in [2.45, 2.75) is 19.4 Å². The maximum absolute atomic E-state index is 12.5. The van der Waals surface area contributed by atoms with Gasteiger partial charge < -0.3 is 10.2 Å². The average Bonchev–Trinajstić information content (AvgIpc) is 2.94.